The van der Waals surface area contributed by atoms with Gasteiger partial charge in [-0.15, -0.1) is 11.3 Å². The largest absolute Gasteiger partial charge is 0.351 e. The summed E-state index contributed by atoms with van der Waals surface area (Å²) < 4.78 is 13.1. The quantitative estimate of drug-likeness (QED) is 0.778. The molecule has 0 fully saturated rings. The molecule has 0 saturated carbocycles. The van der Waals surface area contributed by atoms with Gasteiger partial charge in [-0.25, -0.2) is 9.37 Å². The molecule has 0 unspecified atom stereocenters. The summed E-state index contributed by atoms with van der Waals surface area (Å²) in [7, 11) is 0. The minimum atomic E-state index is -0.292. The van der Waals surface area contributed by atoms with Gasteiger partial charge in [0.25, 0.3) is 5.91 Å². The second kappa shape index (κ2) is 5.65. The van der Waals surface area contributed by atoms with E-state index in [0.717, 1.165) is 21.8 Å². The number of hydrogen-bond acceptors (Lipinski definition) is 3. The molecule has 0 aliphatic rings. The molecule has 21 heavy (non-hydrogen) atoms. The average molecular weight is 303 g/mol. The van der Waals surface area contributed by atoms with Crippen LogP contribution in [0, 0.1) is 12.7 Å². The molecular weight excluding hydrogens is 289 g/mol. The van der Waals surface area contributed by atoms with Crippen molar-refractivity contribution in [3.63, 3.8) is 0 Å². The summed E-state index contributed by atoms with van der Waals surface area (Å²) in [4.78, 5) is 20.1. The highest BCUT2D eigenvalue weighted by Gasteiger charge is 2.10. The number of halogens is 1. The van der Waals surface area contributed by atoms with Crippen LogP contribution in [0.25, 0.3) is 11.0 Å². The minimum absolute atomic E-state index is 0.0651. The first-order valence-corrected chi connectivity index (χ1v) is 7.48. The van der Waals surface area contributed by atoms with Crippen LogP contribution in [0.1, 0.15) is 21.1 Å². The van der Waals surface area contributed by atoms with Gasteiger partial charge >= 0.3 is 0 Å². The summed E-state index contributed by atoms with van der Waals surface area (Å²) in [5.74, 6) is 0.377. The molecule has 2 N–H and O–H groups in total. The predicted molar refractivity (Wildman–Crippen MR) is 81.1 cm³/mol. The van der Waals surface area contributed by atoms with Gasteiger partial charge < -0.3 is 10.3 Å². The van der Waals surface area contributed by atoms with Crippen LogP contribution in [0.5, 0.6) is 0 Å². The number of H-pyrrole nitrogens is 1. The number of carbonyl (C=O) groups is 1. The zero-order valence-corrected chi connectivity index (χ0v) is 12.3. The molecular formula is C15H14FN3OS. The van der Waals surface area contributed by atoms with E-state index >= 15 is 0 Å². The number of aromatic amines is 1. The van der Waals surface area contributed by atoms with Crippen molar-refractivity contribution in [2.24, 2.45) is 0 Å². The van der Waals surface area contributed by atoms with Crippen LogP contribution >= 0.6 is 11.3 Å². The first-order valence-electron chi connectivity index (χ1n) is 6.60. The van der Waals surface area contributed by atoms with E-state index in [2.05, 4.69) is 15.3 Å². The fourth-order valence-corrected chi connectivity index (χ4v) is 2.97. The van der Waals surface area contributed by atoms with Crippen molar-refractivity contribution in [1.82, 2.24) is 15.3 Å². The van der Waals surface area contributed by atoms with Crippen molar-refractivity contribution >= 4 is 28.3 Å². The number of aromatic nitrogens is 2. The monoisotopic (exact) mass is 303 g/mol. The van der Waals surface area contributed by atoms with E-state index in [1.807, 2.05) is 18.4 Å². The fraction of sp³-hybridized carbons (Fsp3) is 0.200. The molecule has 4 nitrogen and oxygen atoms in total. The Morgan fingerprint density at radius 1 is 1.43 bits per heavy atom. The maximum absolute atomic E-state index is 13.1. The van der Waals surface area contributed by atoms with Gasteiger partial charge in [-0.05, 0) is 42.1 Å². The van der Waals surface area contributed by atoms with Crippen molar-refractivity contribution in [2.45, 2.75) is 13.3 Å². The van der Waals surface area contributed by atoms with Crippen LogP contribution in [0.3, 0.4) is 0 Å². The summed E-state index contributed by atoms with van der Waals surface area (Å²) in [6.45, 7) is 2.40. The van der Waals surface area contributed by atoms with Gasteiger partial charge in [0, 0.05) is 13.0 Å². The topological polar surface area (TPSA) is 57.8 Å². The number of rotatable bonds is 4. The number of nitrogens with zero attached hydrogens (tertiary/aromatic N) is 1. The molecule has 0 aliphatic carbocycles. The summed E-state index contributed by atoms with van der Waals surface area (Å²) >= 11 is 1.43. The molecule has 3 rings (SSSR count). The summed E-state index contributed by atoms with van der Waals surface area (Å²) in [5.41, 5.74) is 2.38. The van der Waals surface area contributed by atoms with Gasteiger partial charge in [-0.1, -0.05) is 0 Å². The number of benzene rings is 1. The van der Waals surface area contributed by atoms with Gasteiger partial charge in [-0.2, -0.15) is 0 Å². The minimum Gasteiger partial charge on any atom is -0.351 e. The molecule has 6 heteroatoms. The first-order chi connectivity index (χ1) is 10.1. The molecule has 0 atom stereocenters. The van der Waals surface area contributed by atoms with E-state index in [1.165, 1.54) is 23.5 Å². The highest BCUT2D eigenvalue weighted by atomic mass is 32.1. The van der Waals surface area contributed by atoms with Crippen LogP contribution < -0.4 is 5.32 Å². The Labute approximate surface area is 125 Å². The maximum Gasteiger partial charge on any atom is 0.261 e. The summed E-state index contributed by atoms with van der Waals surface area (Å²) in [6.07, 6.45) is 0.576. The van der Waals surface area contributed by atoms with E-state index in [4.69, 9.17) is 0 Å². The van der Waals surface area contributed by atoms with E-state index in [-0.39, 0.29) is 11.7 Å². The van der Waals surface area contributed by atoms with Gasteiger partial charge in [0.15, 0.2) is 0 Å². The third-order valence-corrected chi connectivity index (χ3v) is 4.22. The zero-order valence-electron chi connectivity index (χ0n) is 11.4. The molecule has 2 aromatic heterocycles. The lowest BCUT2D eigenvalue weighted by Gasteiger charge is -2.02. The lowest BCUT2D eigenvalue weighted by molar-refractivity contribution is 0.0957. The highest BCUT2D eigenvalue weighted by molar-refractivity contribution is 7.12. The molecule has 1 amide bonds. The Bertz CT molecular complexity index is 793. The standard InChI is InChI=1S/C15H14FN3OS/c1-9-5-7-21-14(9)15(20)17-6-4-13-18-11-3-2-10(16)8-12(11)19-13/h2-3,5,7-8H,4,6H2,1H3,(H,17,20)(H,18,19). The van der Waals surface area contributed by atoms with Crippen molar-refractivity contribution in [3.05, 3.63) is 51.7 Å². The number of amides is 1. The zero-order chi connectivity index (χ0) is 14.8. The van der Waals surface area contributed by atoms with Crippen molar-refractivity contribution in [2.75, 3.05) is 6.54 Å². The molecule has 0 aliphatic heterocycles. The maximum atomic E-state index is 13.1. The van der Waals surface area contributed by atoms with Gasteiger partial charge in [-0.3, -0.25) is 4.79 Å². The van der Waals surface area contributed by atoms with Crippen LogP contribution in [0.4, 0.5) is 4.39 Å². The Morgan fingerprint density at radius 3 is 3.05 bits per heavy atom. The molecule has 2 heterocycles. The van der Waals surface area contributed by atoms with E-state index < -0.39 is 0 Å². The molecule has 108 valence electrons. The number of thiophene rings is 1. The molecule has 0 bridgehead atoms. The Hall–Kier alpha value is -2.21. The number of hydrogen-bond donors (Lipinski definition) is 2. The van der Waals surface area contributed by atoms with Crippen LogP contribution in [0.2, 0.25) is 0 Å². The number of aryl methyl sites for hydroxylation is 1. The lowest BCUT2D eigenvalue weighted by Crippen LogP contribution is -2.25. The van der Waals surface area contributed by atoms with Crippen molar-refractivity contribution < 1.29 is 9.18 Å². The fourth-order valence-electron chi connectivity index (χ4n) is 2.13. The molecule has 1 aromatic carbocycles. The number of fused-ring (bicyclic) bond motifs is 1. The summed E-state index contributed by atoms with van der Waals surface area (Å²) in [6, 6.07) is 6.36. The third-order valence-electron chi connectivity index (χ3n) is 3.21. The Kier molecular flexibility index (Phi) is 3.70. The van der Waals surface area contributed by atoms with E-state index in [0.29, 0.717) is 18.5 Å². The lowest BCUT2D eigenvalue weighted by atomic mass is 10.3. The highest BCUT2D eigenvalue weighted by Crippen LogP contribution is 2.15. The van der Waals surface area contributed by atoms with E-state index in [9.17, 15) is 9.18 Å². The first kappa shape index (κ1) is 13.8. The molecule has 0 spiro atoms. The number of imidazole rings is 1. The normalized spacial score (nSPS) is 11.0. The Balaban J connectivity index is 1.62. The van der Waals surface area contributed by atoms with Crippen LogP contribution in [-0.2, 0) is 6.42 Å². The molecule has 3 aromatic rings. The van der Waals surface area contributed by atoms with Crippen molar-refractivity contribution in [3.8, 4) is 0 Å². The van der Waals surface area contributed by atoms with Crippen LogP contribution in [0.15, 0.2) is 29.6 Å². The van der Waals surface area contributed by atoms with Gasteiger partial charge in [0.1, 0.15) is 11.6 Å². The summed E-state index contributed by atoms with van der Waals surface area (Å²) in [5, 5.41) is 4.77. The van der Waals surface area contributed by atoms with E-state index in [1.54, 1.807) is 6.07 Å². The third kappa shape index (κ3) is 2.95. The second-order valence-corrected chi connectivity index (χ2v) is 5.70. The molecule has 0 radical (unpaired) electrons. The smallest absolute Gasteiger partial charge is 0.261 e. The second-order valence-electron chi connectivity index (χ2n) is 4.78. The number of carbonyl (C=O) groups excluding carboxylic acids is 1. The van der Waals surface area contributed by atoms with Gasteiger partial charge in [0.2, 0.25) is 0 Å². The van der Waals surface area contributed by atoms with Crippen molar-refractivity contribution in [1.29, 1.82) is 0 Å². The van der Waals surface area contributed by atoms with Gasteiger partial charge in [0.05, 0.1) is 15.9 Å². The average Bonchev–Trinajstić information content (AvgIpc) is 3.04. The SMILES string of the molecule is Cc1ccsc1C(=O)NCCc1nc2ccc(F)cc2[nH]1. The number of nitrogens with one attached hydrogen (secondary N) is 2. The van der Waals surface area contributed by atoms with Crippen LogP contribution in [-0.4, -0.2) is 22.4 Å². The predicted octanol–water partition coefficient (Wildman–Crippen LogP) is 3.04. The Morgan fingerprint density at radius 2 is 2.29 bits per heavy atom. The molecule has 0 saturated heterocycles.